The summed E-state index contributed by atoms with van der Waals surface area (Å²) in [4.78, 5) is 13.6. The second-order valence-corrected chi connectivity index (χ2v) is 6.47. The molecular formula is C11H12ClNO4S. The third-order valence-corrected chi connectivity index (χ3v) is 4.34. The van der Waals surface area contributed by atoms with Crippen LogP contribution in [0.25, 0.3) is 0 Å². The molecule has 5 nitrogen and oxygen atoms in total. The maximum Gasteiger partial charge on any atom is 0.266 e. The SMILES string of the molecule is CN1C(=O)C(C)(CS(=O)(=O)O)c2cc(Cl)ccc21. The fourth-order valence-corrected chi connectivity index (χ4v) is 3.52. The zero-order chi connectivity index (χ0) is 13.7. The molecule has 0 spiro atoms. The van der Waals surface area contributed by atoms with Crippen LogP contribution in [-0.2, 0) is 20.3 Å². The van der Waals surface area contributed by atoms with Crippen molar-refractivity contribution in [3.8, 4) is 0 Å². The number of fused-ring (bicyclic) bond motifs is 1. The molecule has 18 heavy (non-hydrogen) atoms. The Hall–Kier alpha value is -1.11. The number of anilines is 1. The first kappa shape index (κ1) is 13.3. The number of hydrogen-bond donors (Lipinski definition) is 1. The zero-order valence-corrected chi connectivity index (χ0v) is 11.4. The summed E-state index contributed by atoms with van der Waals surface area (Å²) in [5, 5.41) is 0.415. The van der Waals surface area contributed by atoms with Gasteiger partial charge in [0.25, 0.3) is 10.1 Å². The average molecular weight is 290 g/mol. The molecule has 1 unspecified atom stereocenters. The topological polar surface area (TPSA) is 74.7 Å². The van der Waals surface area contributed by atoms with Gasteiger partial charge in [-0.1, -0.05) is 11.6 Å². The first-order chi connectivity index (χ1) is 8.15. The summed E-state index contributed by atoms with van der Waals surface area (Å²) in [6, 6.07) is 4.84. The van der Waals surface area contributed by atoms with Crippen molar-refractivity contribution in [3.63, 3.8) is 0 Å². The van der Waals surface area contributed by atoms with E-state index < -0.39 is 21.3 Å². The van der Waals surface area contributed by atoms with Gasteiger partial charge in [-0.15, -0.1) is 0 Å². The van der Waals surface area contributed by atoms with E-state index in [1.165, 1.54) is 11.8 Å². The predicted molar refractivity (Wildman–Crippen MR) is 68.6 cm³/mol. The van der Waals surface area contributed by atoms with Crippen molar-refractivity contribution in [2.24, 2.45) is 0 Å². The van der Waals surface area contributed by atoms with E-state index in [1.807, 2.05) is 0 Å². The minimum absolute atomic E-state index is 0.377. The number of halogens is 1. The largest absolute Gasteiger partial charge is 0.314 e. The van der Waals surface area contributed by atoms with E-state index in [0.717, 1.165) is 0 Å². The Morgan fingerprint density at radius 2 is 2.06 bits per heavy atom. The highest BCUT2D eigenvalue weighted by molar-refractivity contribution is 7.85. The van der Waals surface area contributed by atoms with Crippen molar-refractivity contribution in [2.75, 3.05) is 17.7 Å². The van der Waals surface area contributed by atoms with Gasteiger partial charge in [0.1, 0.15) is 0 Å². The summed E-state index contributed by atoms with van der Waals surface area (Å²) < 4.78 is 31.2. The van der Waals surface area contributed by atoms with Crippen LogP contribution >= 0.6 is 11.6 Å². The molecule has 2 rings (SSSR count). The number of carbonyl (C=O) groups excluding carboxylic acids is 1. The van der Waals surface area contributed by atoms with Gasteiger partial charge in [-0.05, 0) is 30.7 Å². The van der Waals surface area contributed by atoms with Gasteiger partial charge < -0.3 is 4.90 Å². The number of rotatable bonds is 2. The van der Waals surface area contributed by atoms with Gasteiger partial charge >= 0.3 is 0 Å². The number of hydrogen-bond acceptors (Lipinski definition) is 3. The van der Waals surface area contributed by atoms with Crippen LogP contribution in [0.5, 0.6) is 0 Å². The molecule has 0 saturated carbocycles. The van der Waals surface area contributed by atoms with Gasteiger partial charge in [0, 0.05) is 17.8 Å². The summed E-state index contributed by atoms with van der Waals surface area (Å²) in [5.41, 5.74) is -0.182. The molecule has 1 aromatic carbocycles. The van der Waals surface area contributed by atoms with E-state index in [-0.39, 0.29) is 5.91 Å². The lowest BCUT2D eigenvalue weighted by molar-refractivity contribution is -0.121. The van der Waals surface area contributed by atoms with Crippen LogP contribution in [0, 0.1) is 0 Å². The molecule has 1 aromatic rings. The van der Waals surface area contributed by atoms with E-state index >= 15 is 0 Å². The lowest BCUT2D eigenvalue weighted by Crippen LogP contribution is -2.41. The third-order valence-electron chi connectivity index (χ3n) is 3.16. The number of amides is 1. The van der Waals surface area contributed by atoms with E-state index in [9.17, 15) is 13.2 Å². The Balaban J connectivity index is 2.64. The van der Waals surface area contributed by atoms with Gasteiger partial charge in [0.15, 0.2) is 0 Å². The number of benzene rings is 1. The average Bonchev–Trinajstić information content (AvgIpc) is 2.39. The molecule has 0 bridgehead atoms. The van der Waals surface area contributed by atoms with Gasteiger partial charge in [-0.3, -0.25) is 9.35 Å². The van der Waals surface area contributed by atoms with Gasteiger partial charge in [0.2, 0.25) is 5.91 Å². The summed E-state index contributed by atoms with van der Waals surface area (Å²) >= 11 is 5.88. The molecule has 7 heteroatoms. The van der Waals surface area contributed by atoms with Gasteiger partial charge in [-0.2, -0.15) is 8.42 Å². The lowest BCUT2D eigenvalue weighted by Gasteiger charge is -2.21. The van der Waals surface area contributed by atoms with Crippen LogP contribution in [0.4, 0.5) is 5.69 Å². The second-order valence-electron chi connectivity index (χ2n) is 4.58. The van der Waals surface area contributed by atoms with E-state index in [1.54, 1.807) is 25.2 Å². The molecule has 98 valence electrons. The normalized spacial score (nSPS) is 23.3. The third kappa shape index (κ3) is 2.00. The molecule has 1 amide bonds. The number of nitrogens with zero attached hydrogens (tertiary/aromatic N) is 1. The van der Waals surface area contributed by atoms with Crippen LogP contribution in [0.1, 0.15) is 12.5 Å². The summed E-state index contributed by atoms with van der Waals surface area (Å²) in [6.07, 6.45) is 0. The van der Waals surface area contributed by atoms with Crippen molar-refractivity contribution in [3.05, 3.63) is 28.8 Å². The maximum absolute atomic E-state index is 12.2. The molecule has 0 aliphatic carbocycles. The van der Waals surface area contributed by atoms with Crippen LogP contribution < -0.4 is 4.90 Å². The maximum atomic E-state index is 12.2. The molecule has 0 radical (unpaired) electrons. The second kappa shape index (κ2) is 3.94. The summed E-state index contributed by atoms with van der Waals surface area (Å²) in [7, 11) is -2.71. The van der Waals surface area contributed by atoms with Crippen molar-refractivity contribution >= 4 is 33.3 Å². The molecule has 1 atom stereocenters. The lowest BCUT2D eigenvalue weighted by atomic mass is 9.86. The molecule has 0 saturated heterocycles. The predicted octanol–water partition coefficient (Wildman–Crippen LogP) is 1.46. The van der Waals surface area contributed by atoms with Gasteiger partial charge in [-0.25, -0.2) is 0 Å². The molecule has 1 aliphatic heterocycles. The summed E-state index contributed by atoms with van der Waals surface area (Å²) in [6.45, 7) is 1.49. The Morgan fingerprint density at radius 3 is 2.61 bits per heavy atom. The first-order valence-corrected chi connectivity index (χ1v) is 7.17. The zero-order valence-electron chi connectivity index (χ0n) is 9.84. The monoisotopic (exact) mass is 289 g/mol. The van der Waals surface area contributed by atoms with Crippen LogP contribution in [0.15, 0.2) is 18.2 Å². The highest BCUT2D eigenvalue weighted by atomic mass is 35.5. The highest BCUT2D eigenvalue weighted by Gasteiger charge is 2.48. The molecule has 0 aromatic heterocycles. The fraction of sp³-hybridized carbons (Fsp3) is 0.364. The van der Waals surface area contributed by atoms with Gasteiger partial charge in [0.05, 0.1) is 11.2 Å². The Kier molecular flexibility index (Phi) is 2.92. The Morgan fingerprint density at radius 1 is 1.44 bits per heavy atom. The van der Waals surface area contributed by atoms with Crippen LogP contribution in [0.3, 0.4) is 0 Å². The quantitative estimate of drug-likeness (QED) is 0.837. The van der Waals surface area contributed by atoms with Crippen molar-refractivity contribution in [1.82, 2.24) is 0 Å². The Bertz CT molecular complexity index is 628. The number of carbonyl (C=O) groups is 1. The smallest absolute Gasteiger partial charge is 0.266 e. The molecular weight excluding hydrogens is 278 g/mol. The molecule has 1 N–H and O–H groups in total. The van der Waals surface area contributed by atoms with E-state index in [4.69, 9.17) is 16.2 Å². The Labute approximate surface area is 110 Å². The first-order valence-electron chi connectivity index (χ1n) is 5.18. The van der Waals surface area contributed by atoms with Crippen molar-refractivity contribution in [1.29, 1.82) is 0 Å². The van der Waals surface area contributed by atoms with Crippen molar-refractivity contribution < 1.29 is 17.8 Å². The van der Waals surface area contributed by atoms with Crippen LogP contribution in [-0.4, -0.2) is 31.7 Å². The summed E-state index contributed by atoms with van der Waals surface area (Å²) in [5.74, 6) is -1.03. The number of likely N-dealkylation sites (N-methyl/N-ethyl adjacent to an activating group) is 1. The van der Waals surface area contributed by atoms with Crippen molar-refractivity contribution in [2.45, 2.75) is 12.3 Å². The standard InChI is InChI=1S/C11H12ClNO4S/c1-11(6-18(15,16)17)8-5-7(12)3-4-9(8)13(2)10(11)14/h3-5H,6H2,1-2H3,(H,15,16,17). The molecule has 1 aliphatic rings. The van der Waals surface area contributed by atoms with E-state index in [0.29, 0.717) is 16.3 Å². The fourth-order valence-electron chi connectivity index (χ4n) is 2.34. The minimum Gasteiger partial charge on any atom is -0.314 e. The molecule has 1 heterocycles. The van der Waals surface area contributed by atoms with Crippen LogP contribution in [0.2, 0.25) is 5.02 Å². The minimum atomic E-state index is -4.27. The highest BCUT2D eigenvalue weighted by Crippen LogP contribution is 2.42. The molecule has 0 fully saturated rings. The van der Waals surface area contributed by atoms with E-state index in [2.05, 4.69) is 0 Å².